The molecule has 0 aliphatic heterocycles. The highest BCUT2D eigenvalue weighted by atomic mass is 35.5. The molecule has 2 aromatic heterocycles. The van der Waals surface area contributed by atoms with Gasteiger partial charge in [0.2, 0.25) is 5.88 Å². The van der Waals surface area contributed by atoms with Crippen LogP contribution >= 0.6 is 11.6 Å². The summed E-state index contributed by atoms with van der Waals surface area (Å²) in [6.45, 7) is 5.29. The van der Waals surface area contributed by atoms with Gasteiger partial charge in [0.25, 0.3) is 0 Å². The number of rotatable bonds is 9. The summed E-state index contributed by atoms with van der Waals surface area (Å²) >= 11 is 6.10. The monoisotopic (exact) mass is 441 g/mol. The Morgan fingerprint density at radius 3 is 2.59 bits per heavy atom. The molecule has 158 valence electrons. The van der Waals surface area contributed by atoms with Crippen molar-refractivity contribution in [2.45, 2.75) is 44.1 Å². The number of fused-ring (bicyclic) bond motifs is 1. The van der Waals surface area contributed by atoms with Gasteiger partial charge in [-0.15, -0.1) is 0 Å². The molecule has 0 aromatic carbocycles. The van der Waals surface area contributed by atoms with Crippen molar-refractivity contribution in [3.63, 3.8) is 0 Å². The predicted molar refractivity (Wildman–Crippen MR) is 112 cm³/mol. The second kappa shape index (κ2) is 9.13. The maximum Gasteiger partial charge on any atom is 0.223 e. The zero-order valence-corrected chi connectivity index (χ0v) is 18.5. The van der Waals surface area contributed by atoms with Gasteiger partial charge in [0.15, 0.2) is 0 Å². The van der Waals surface area contributed by atoms with E-state index in [1.807, 2.05) is 0 Å². The van der Waals surface area contributed by atoms with Gasteiger partial charge in [-0.1, -0.05) is 16.7 Å². The molecular weight excluding hydrogens is 418 g/mol. The number of azide groups is 1. The number of hydrogen-bond donors (Lipinski definition) is 0. The standard InChI is InChI=1S/C18H24ClN5O4S/c1-11(6-12(2)29(5,25)26)28-17-14-8-21-16(19)7-13(14)15(9-22-17)18(3,10-27-4)23-24-20/h7-9,11-12H,6,10H2,1-5H3/t11-,12-,18-/m1/s1. The fourth-order valence-electron chi connectivity index (χ4n) is 3.03. The van der Waals surface area contributed by atoms with Crippen LogP contribution in [0.4, 0.5) is 0 Å². The van der Waals surface area contributed by atoms with Gasteiger partial charge in [0.1, 0.15) is 15.0 Å². The number of pyridine rings is 2. The molecule has 29 heavy (non-hydrogen) atoms. The van der Waals surface area contributed by atoms with E-state index in [0.29, 0.717) is 28.6 Å². The van der Waals surface area contributed by atoms with E-state index in [4.69, 9.17) is 26.6 Å². The van der Waals surface area contributed by atoms with Gasteiger partial charge in [-0.2, -0.15) is 0 Å². The molecule has 9 nitrogen and oxygen atoms in total. The molecule has 2 heterocycles. The third kappa shape index (κ3) is 5.48. The highest BCUT2D eigenvalue weighted by Crippen LogP contribution is 2.36. The Bertz CT molecular complexity index is 1040. The molecule has 0 amide bonds. The number of ether oxygens (including phenoxy) is 2. The number of aromatic nitrogens is 2. The Hall–Kier alpha value is -2.13. The number of sulfone groups is 1. The predicted octanol–water partition coefficient (Wildman–Crippen LogP) is 4.05. The van der Waals surface area contributed by atoms with Crippen molar-refractivity contribution in [3.05, 3.63) is 39.6 Å². The average molecular weight is 442 g/mol. The van der Waals surface area contributed by atoms with Crippen LogP contribution in [0.2, 0.25) is 5.15 Å². The molecule has 0 spiro atoms. The topological polar surface area (TPSA) is 127 Å². The molecule has 0 aliphatic rings. The first kappa shape index (κ1) is 23.2. The first-order valence-corrected chi connectivity index (χ1v) is 11.2. The van der Waals surface area contributed by atoms with Crippen molar-refractivity contribution in [1.29, 1.82) is 0 Å². The van der Waals surface area contributed by atoms with Crippen molar-refractivity contribution >= 4 is 32.2 Å². The summed E-state index contributed by atoms with van der Waals surface area (Å²) in [6, 6.07) is 1.64. The molecular formula is C18H24ClN5O4S. The molecule has 2 rings (SSSR count). The smallest absolute Gasteiger partial charge is 0.223 e. The summed E-state index contributed by atoms with van der Waals surface area (Å²) in [5, 5.41) is 4.83. The Balaban J connectivity index is 2.52. The van der Waals surface area contributed by atoms with Crippen molar-refractivity contribution in [1.82, 2.24) is 9.97 Å². The van der Waals surface area contributed by atoms with Crippen molar-refractivity contribution in [2.75, 3.05) is 20.0 Å². The average Bonchev–Trinajstić information content (AvgIpc) is 2.61. The molecule has 0 N–H and O–H groups in total. The lowest BCUT2D eigenvalue weighted by Crippen LogP contribution is -2.26. The zero-order chi connectivity index (χ0) is 21.8. The van der Waals surface area contributed by atoms with Gasteiger partial charge in [-0.05, 0) is 43.3 Å². The van der Waals surface area contributed by atoms with Crippen LogP contribution in [0.5, 0.6) is 5.88 Å². The van der Waals surface area contributed by atoms with Crippen LogP contribution < -0.4 is 4.74 Å². The summed E-state index contributed by atoms with van der Waals surface area (Å²) in [5.41, 5.74) is 8.60. The number of nitrogens with zero attached hydrogens (tertiary/aromatic N) is 5. The summed E-state index contributed by atoms with van der Waals surface area (Å²) in [7, 11) is -1.66. The van der Waals surface area contributed by atoms with Crippen LogP contribution in [0.1, 0.15) is 32.8 Å². The van der Waals surface area contributed by atoms with Crippen LogP contribution in [0.25, 0.3) is 21.2 Å². The summed E-state index contributed by atoms with van der Waals surface area (Å²) < 4.78 is 34.6. The number of halogens is 1. The highest BCUT2D eigenvalue weighted by molar-refractivity contribution is 7.91. The highest BCUT2D eigenvalue weighted by Gasteiger charge is 2.29. The SMILES string of the molecule is COC[C@@](C)(N=[N+]=[N-])c1cnc(O[C@H](C)C[C@@H](C)S(C)(=O)=O)c2cnc(Cl)cc12. The number of hydrogen-bond acceptors (Lipinski definition) is 7. The Labute approximate surface area is 174 Å². The van der Waals surface area contributed by atoms with E-state index in [1.165, 1.54) is 19.6 Å². The van der Waals surface area contributed by atoms with Crippen LogP contribution in [-0.4, -0.2) is 49.7 Å². The van der Waals surface area contributed by atoms with Gasteiger partial charge in [-0.25, -0.2) is 18.4 Å². The summed E-state index contributed by atoms with van der Waals surface area (Å²) in [6.07, 6.45) is 4.18. The lowest BCUT2D eigenvalue weighted by atomic mass is 9.91. The lowest BCUT2D eigenvalue weighted by Gasteiger charge is -2.26. The van der Waals surface area contributed by atoms with E-state index in [-0.39, 0.29) is 11.8 Å². The first-order valence-electron chi connectivity index (χ1n) is 8.87. The van der Waals surface area contributed by atoms with E-state index >= 15 is 0 Å². The van der Waals surface area contributed by atoms with Crippen LogP contribution in [0.3, 0.4) is 0 Å². The second-order valence-electron chi connectivity index (χ2n) is 7.23. The summed E-state index contributed by atoms with van der Waals surface area (Å²) in [5.74, 6) is 0.293. The number of methoxy groups -OCH3 is 1. The Morgan fingerprint density at radius 2 is 2.00 bits per heavy atom. The van der Waals surface area contributed by atoms with Gasteiger partial charge >= 0.3 is 0 Å². The zero-order valence-electron chi connectivity index (χ0n) is 17.0. The molecule has 0 bridgehead atoms. The van der Waals surface area contributed by atoms with Crippen LogP contribution in [-0.2, 0) is 20.1 Å². The van der Waals surface area contributed by atoms with Crippen molar-refractivity contribution in [3.8, 4) is 5.88 Å². The maximum absolute atomic E-state index is 11.7. The molecule has 3 atom stereocenters. The van der Waals surface area contributed by atoms with E-state index in [0.717, 1.165) is 0 Å². The molecule has 0 saturated carbocycles. The third-order valence-electron chi connectivity index (χ3n) is 4.68. The Kier molecular flexibility index (Phi) is 7.29. The van der Waals surface area contributed by atoms with Gasteiger partial charge in [-0.3, -0.25) is 0 Å². The fourth-order valence-corrected chi connectivity index (χ4v) is 3.81. The molecule has 2 aromatic rings. The molecule has 0 saturated heterocycles. The minimum absolute atomic E-state index is 0.135. The minimum atomic E-state index is -3.17. The normalized spacial score (nSPS) is 15.9. The molecule has 11 heteroatoms. The minimum Gasteiger partial charge on any atom is -0.474 e. The van der Waals surface area contributed by atoms with Gasteiger partial charge in [0.05, 0.1) is 28.9 Å². The lowest BCUT2D eigenvalue weighted by molar-refractivity contribution is 0.141. The molecule has 0 fully saturated rings. The fraction of sp³-hybridized carbons (Fsp3) is 0.556. The van der Waals surface area contributed by atoms with Crippen LogP contribution in [0.15, 0.2) is 23.6 Å². The molecule has 0 unspecified atom stereocenters. The van der Waals surface area contributed by atoms with E-state index in [1.54, 1.807) is 33.0 Å². The van der Waals surface area contributed by atoms with E-state index in [9.17, 15) is 8.42 Å². The van der Waals surface area contributed by atoms with Gasteiger partial charge < -0.3 is 9.47 Å². The molecule has 0 aliphatic carbocycles. The third-order valence-corrected chi connectivity index (χ3v) is 6.54. The van der Waals surface area contributed by atoms with E-state index in [2.05, 4.69) is 20.0 Å². The van der Waals surface area contributed by atoms with E-state index < -0.39 is 26.7 Å². The Morgan fingerprint density at radius 1 is 1.31 bits per heavy atom. The van der Waals surface area contributed by atoms with Crippen molar-refractivity contribution < 1.29 is 17.9 Å². The second-order valence-corrected chi connectivity index (χ2v) is 10.1. The quantitative estimate of drug-likeness (QED) is 0.250. The molecule has 0 radical (unpaired) electrons. The first-order chi connectivity index (χ1) is 13.5. The van der Waals surface area contributed by atoms with Crippen LogP contribution in [0, 0.1) is 0 Å². The largest absolute Gasteiger partial charge is 0.474 e. The maximum atomic E-state index is 11.7. The summed E-state index contributed by atoms with van der Waals surface area (Å²) in [4.78, 5) is 11.4. The van der Waals surface area contributed by atoms with Gasteiger partial charge in [0, 0.05) is 37.1 Å². The van der Waals surface area contributed by atoms with Crippen molar-refractivity contribution in [2.24, 2.45) is 5.11 Å².